The summed E-state index contributed by atoms with van der Waals surface area (Å²) < 4.78 is 57.6. The molecule has 0 bridgehead atoms. The molecular formula is C6H10F3NO4S. The Bertz CT molecular complexity index is 324. The number of carboxylic acid groups (broad SMARTS) is 1. The Morgan fingerprint density at radius 3 is 2.20 bits per heavy atom. The Kier molecular flexibility index (Phi) is 4.53. The lowest BCUT2D eigenvalue weighted by molar-refractivity contribution is -0.135. The molecule has 0 spiro atoms. The number of hydrogen-bond acceptors (Lipinski definition) is 3. The first-order valence-corrected chi connectivity index (χ1v) is 5.38. The first-order valence-electron chi connectivity index (χ1n) is 3.77. The summed E-state index contributed by atoms with van der Waals surface area (Å²) in [7, 11) is -3.24. The zero-order valence-electron chi connectivity index (χ0n) is 7.78. The number of nitrogens with zero attached hydrogens (tertiary/aromatic N) is 1. The van der Waals surface area contributed by atoms with Crippen LogP contribution in [-0.4, -0.2) is 49.3 Å². The predicted molar refractivity (Wildman–Crippen MR) is 44.7 cm³/mol. The number of carboxylic acids is 1. The van der Waals surface area contributed by atoms with Gasteiger partial charge in [0.25, 0.3) is 0 Å². The van der Waals surface area contributed by atoms with E-state index in [-0.39, 0.29) is 0 Å². The van der Waals surface area contributed by atoms with Crippen LogP contribution in [0.3, 0.4) is 0 Å². The van der Waals surface area contributed by atoms with Crippen molar-refractivity contribution in [3.63, 3.8) is 0 Å². The van der Waals surface area contributed by atoms with Crippen LogP contribution in [0.15, 0.2) is 0 Å². The molecule has 0 aliphatic carbocycles. The summed E-state index contributed by atoms with van der Waals surface area (Å²) in [4.78, 5) is 10.1. The van der Waals surface area contributed by atoms with Gasteiger partial charge < -0.3 is 5.11 Å². The largest absolute Gasteiger partial charge is 0.480 e. The second-order valence-electron chi connectivity index (χ2n) is 2.84. The first kappa shape index (κ1) is 14.2. The zero-order chi connectivity index (χ0) is 12.3. The van der Waals surface area contributed by atoms with Crippen molar-refractivity contribution in [1.82, 2.24) is 4.31 Å². The van der Waals surface area contributed by atoms with Crippen molar-refractivity contribution in [2.24, 2.45) is 0 Å². The van der Waals surface area contributed by atoms with Crippen LogP contribution in [0.25, 0.3) is 0 Å². The molecular weight excluding hydrogens is 239 g/mol. The minimum Gasteiger partial charge on any atom is -0.480 e. The summed E-state index contributed by atoms with van der Waals surface area (Å²) in [6.07, 6.45) is -5.77. The molecule has 1 N–H and O–H groups in total. The van der Waals surface area contributed by atoms with Gasteiger partial charge in [-0.3, -0.25) is 4.79 Å². The summed E-state index contributed by atoms with van der Waals surface area (Å²) in [6, 6.07) is 0. The lowest BCUT2D eigenvalue weighted by Gasteiger charge is -2.16. The van der Waals surface area contributed by atoms with E-state index in [0.717, 1.165) is 7.05 Å². The first-order chi connectivity index (χ1) is 6.54. The topological polar surface area (TPSA) is 74.7 Å². The van der Waals surface area contributed by atoms with Gasteiger partial charge in [0.05, 0.1) is 6.42 Å². The Morgan fingerprint density at radius 2 is 1.87 bits per heavy atom. The minimum absolute atomic E-state index is 0.384. The van der Waals surface area contributed by atoms with Crippen molar-refractivity contribution in [1.29, 1.82) is 0 Å². The van der Waals surface area contributed by atoms with Crippen molar-refractivity contribution in [3.8, 4) is 0 Å². The van der Waals surface area contributed by atoms with Crippen molar-refractivity contribution >= 4 is 16.0 Å². The van der Waals surface area contributed by atoms with Crippen molar-refractivity contribution < 1.29 is 31.5 Å². The molecule has 0 aromatic heterocycles. The fourth-order valence-corrected chi connectivity index (χ4v) is 1.59. The van der Waals surface area contributed by atoms with Crippen LogP contribution < -0.4 is 0 Å². The molecule has 9 heteroatoms. The molecule has 0 atom stereocenters. The number of aliphatic carboxylic acids is 1. The van der Waals surface area contributed by atoms with Crippen LogP contribution in [-0.2, 0) is 14.8 Å². The van der Waals surface area contributed by atoms with Gasteiger partial charge >= 0.3 is 12.1 Å². The average molecular weight is 249 g/mol. The highest BCUT2D eigenvalue weighted by molar-refractivity contribution is 7.89. The fraction of sp³-hybridized carbons (Fsp3) is 0.833. The molecule has 0 saturated carbocycles. The summed E-state index contributed by atoms with van der Waals surface area (Å²) in [5, 5.41) is 8.20. The van der Waals surface area contributed by atoms with Gasteiger partial charge in [0.15, 0.2) is 5.75 Å². The number of halogens is 3. The van der Waals surface area contributed by atoms with Crippen LogP contribution >= 0.6 is 0 Å². The average Bonchev–Trinajstić information content (AvgIpc) is 1.95. The molecule has 0 aliphatic rings. The molecule has 0 rings (SSSR count). The number of sulfonamides is 1. The van der Waals surface area contributed by atoms with Crippen LogP contribution in [0.4, 0.5) is 13.2 Å². The Balaban J connectivity index is 4.33. The van der Waals surface area contributed by atoms with Gasteiger partial charge in [0, 0.05) is 13.6 Å². The maximum absolute atomic E-state index is 11.7. The Labute approximate surface area is 84.5 Å². The lowest BCUT2D eigenvalue weighted by Crippen LogP contribution is -2.34. The number of carbonyl (C=O) groups is 1. The second-order valence-corrected chi connectivity index (χ2v) is 4.91. The summed E-state index contributed by atoms with van der Waals surface area (Å²) in [5.41, 5.74) is 0. The highest BCUT2D eigenvalue weighted by atomic mass is 32.2. The van der Waals surface area contributed by atoms with Crippen LogP contribution in [0.2, 0.25) is 0 Å². The monoisotopic (exact) mass is 249 g/mol. The zero-order valence-corrected chi connectivity index (χ0v) is 8.60. The fourth-order valence-electron chi connectivity index (χ4n) is 0.690. The SMILES string of the molecule is CN(CCC(F)(F)F)S(=O)(=O)CC(=O)O. The van der Waals surface area contributed by atoms with Crippen molar-refractivity contribution in [3.05, 3.63) is 0 Å². The van der Waals surface area contributed by atoms with E-state index < -0.39 is 40.9 Å². The molecule has 90 valence electrons. The molecule has 0 aromatic rings. The molecule has 0 unspecified atom stereocenters. The van der Waals surface area contributed by atoms with E-state index in [1.807, 2.05) is 0 Å². The molecule has 15 heavy (non-hydrogen) atoms. The van der Waals surface area contributed by atoms with E-state index in [1.165, 1.54) is 0 Å². The summed E-state index contributed by atoms with van der Waals surface area (Å²) >= 11 is 0. The van der Waals surface area contributed by atoms with E-state index in [2.05, 4.69) is 0 Å². The van der Waals surface area contributed by atoms with Gasteiger partial charge in [0.2, 0.25) is 10.0 Å². The molecule has 5 nitrogen and oxygen atoms in total. The maximum atomic E-state index is 11.7. The highest BCUT2D eigenvalue weighted by Crippen LogP contribution is 2.20. The van der Waals surface area contributed by atoms with Gasteiger partial charge in [-0.1, -0.05) is 0 Å². The second kappa shape index (κ2) is 4.79. The molecule has 0 heterocycles. The number of hydrogen-bond donors (Lipinski definition) is 1. The quantitative estimate of drug-likeness (QED) is 0.759. The molecule has 0 amide bonds. The molecule has 0 fully saturated rings. The lowest BCUT2D eigenvalue weighted by atomic mass is 10.4. The third kappa shape index (κ3) is 6.28. The molecule has 0 radical (unpaired) electrons. The highest BCUT2D eigenvalue weighted by Gasteiger charge is 2.30. The van der Waals surface area contributed by atoms with Crippen LogP contribution in [0.5, 0.6) is 0 Å². The van der Waals surface area contributed by atoms with Crippen LogP contribution in [0, 0.1) is 0 Å². The van der Waals surface area contributed by atoms with Gasteiger partial charge in [-0.25, -0.2) is 12.7 Å². The van der Waals surface area contributed by atoms with Gasteiger partial charge in [-0.15, -0.1) is 0 Å². The summed E-state index contributed by atoms with van der Waals surface area (Å²) in [6.45, 7) is -0.779. The van der Waals surface area contributed by atoms with Crippen molar-refractivity contribution in [2.45, 2.75) is 12.6 Å². The van der Waals surface area contributed by atoms with Crippen LogP contribution in [0.1, 0.15) is 6.42 Å². The van der Waals surface area contributed by atoms with Gasteiger partial charge in [-0.05, 0) is 0 Å². The maximum Gasteiger partial charge on any atom is 0.390 e. The third-order valence-electron chi connectivity index (χ3n) is 1.49. The summed E-state index contributed by atoms with van der Waals surface area (Å²) in [5.74, 6) is -2.81. The molecule has 0 aliphatic heterocycles. The van der Waals surface area contributed by atoms with E-state index >= 15 is 0 Å². The Hall–Kier alpha value is -0.830. The smallest absolute Gasteiger partial charge is 0.390 e. The normalized spacial score (nSPS) is 13.1. The van der Waals surface area contributed by atoms with Crippen molar-refractivity contribution in [2.75, 3.05) is 19.3 Å². The number of alkyl halides is 3. The predicted octanol–water partition coefficient (Wildman–Crippen LogP) is 0.285. The van der Waals surface area contributed by atoms with Gasteiger partial charge in [0.1, 0.15) is 0 Å². The standard InChI is InChI=1S/C6H10F3NO4S/c1-10(3-2-6(7,8)9)15(13,14)4-5(11)12/h2-4H2,1H3,(H,11,12). The van der Waals surface area contributed by atoms with E-state index in [1.54, 1.807) is 0 Å². The number of rotatable bonds is 5. The Morgan fingerprint density at radius 1 is 1.40 bits per heavy atom. The van der Waals surface area contributed by atoms with Gasteiger partial charge in [-0.2, -0.15) is 13.2 Å². The minimum atomic E-state index is -4.47. The van der Waals surface area contributed by atoms with E-state index in [4.69, 9.17) is 5.11 Å². The molecule has 0 aromatic carbocycles. The van der Waals surface area contributed by atoms with E-state index in [0.29, 0.717) is 4.31 Å². The third-order valence-corrected chi connectivity index (χ3v) is 3.23. The molecule has 0 saturated heterocycles. The van der Waals surface area contributed by atoms with E-state index in [9.17, 15) is 26.4 Å².